The Morgan fingerprint density at radius 2 is 1.83 bits per heavy atom. The van der Waals surface area contributed by atoms with Crippen molar-refractivity contribution in [2.45, 2.75) is 6.42 Å². The summed E-state index contributed by atoms with van der Waals surface area (Å²) < 4.78 is 0. The fraction of sp³-hybridized carbons (Fsp3) is 0.0769. The highest BCUT2D eigenvalue weighted by Crippen LogP contribution is 2.38. The zero-order valence-electron chi connectivity index (χ0n) is 9.12. The van der Waals surface area contributed by atoms with E-state index in [1.54, 1.807) is 30.5 Å². The van der Waals surface area contributed by atoms with Crippen LogP contribution in [-0.4, -0.2) is 4.98 Å². The summed E-state index contributed by atoms with van der Waals surface area (Å²) in [4.78, 5) is 4.22. The van der Waals surface area contributed by atoms with E-state index in [1.165, 1.54) is 0 Å². The average molecular weight is 298 g/mol. The first-order chi connectivity index (χ1) is 8.63. The van der Waals surface area contributed by atoms with Crippen LogP contribution in [0.5, 0.6) is 0 Å². The molecule has 0 saturated heterocycles. The van der Waals surface area contributed by atoms with Gasteiger partial charge >= 0.3 is 0 Å². The van der Waals surface area contributed by atoms with Crippen molar-refractivity contribution >= 4 is 34.8 Å². The standard InChI is InChI=1S/C13H7Cl3N2/c14-9-1-2-10(15)13(16)12(9)11-7-8(3-5-17)4-6-18-11/h1-2,4,6-7H,3H2. The minimum Gasteiger partial charge on any atom is -0.256 e. The van der Waals surface area contributed by atoms with Crippen LogP contribution in [-0.2, 0) is 6.42 Å². The molecule has 2 aromatic rings. The molecule has 0 aliphatic carbocycles. The minimum absolute atomic E-state index is 0.311. The van der Waals surface area contributed by atoms with Gasteiger partial charge < -0.3 is 0 Å². The van der Waals surface area contributed by atoms with E-state index < -0.39 is 0 Å². The summed E-state index contributed by atoms with van der Waals surface area (Å²) in [6, 6.07) is 8.95. The van der Waals surface area contributed by atoms with Crippen molar-refractivity contribution in [1.29, 1.82) is 5.26 Å². The number of benzene rings is 1. The van der Waals surface area contributed by atoms with E-state index in [4.69, 9.17) is 40.1 Å². The third kappa shape index (κ3) is 2.59. The molecule has 2 rings (SSSR count). The molecule has 0 amide bonds. The zero-order valence-corrected chi connectivity index (χ0v) is 11.4. The van der Waals surface area contributed by atoms with Crippen LogP contribution >= 0.6 is 34.8 Å². The summed E-state index contributed by atoms with van der Waals surface area (Å²) in [6.45, 7) is 0. The van der Waals surface area contributed by atoms with E-state index in [0.717, 1.165) is 5.56 Å². The van der Waals surface area contributed by atoms with Crippen LogP contribution in [0.4, 0.5) is 0 Å². The molecule has 1 aromatic heterocycles. The Morgan fingerprint density at radius 1 is 1.11 bits per heavy atom. The van der Waals surface area contributed by atoms with Gasteiger partial charge in [0, 0.05) is 11.8 Å². The molecule has 90 valence electrons. The SMILES string of the molecule is N#CCc1ccnc(-c2c(Cl)ccc(Cl)c2Cl)c1. The largest absolute Gasteiger partial charge is 0.256 e. The number of hydrogen-bond donors (Lipinski definition) is 0. The second-order valence-electron chi connectivity index (χ2n) is 3.60. The van der Waals surface area contributed by atoms with Gasteiger partial charge in [-0.2, -0.15) is 5.26 Å². The molecule has 0 fully saturated rings. The lowest BCUT2D eigenvalue weighted by Crippen LogP contribution is -1.90. The molecule has 5 heteroatoms. The first-order valence-corrected chi connectivity index (χ1v) is 6.22. The predicted molar refractivity (Wildman–Crippen MR) is 74.0 cm³/mol. The van der Waals surface area contributed by atoms with Gasteiger partial charge in [0.1, 0.15) is 0 Å². The van der Waals surface area contributed by atoms with E-state index >= 15 is 0 Å². The smallest absolute Gasteiger partial charge is 0.0735 e. The van der Waals surface area contributed by atoms with Crippen molar-refractivity contribution in [2.24, 2.45) is 0 Å². The quantitative estimate of drug-likeness (QED) is 0.748. The number of aromatic nitrogens is 1. The van der Waals surface area contributed by atoms with Gasteiger partial charge in [-0.1, -0.05) is 34.8 Å². The van der Waals surface area contributed by atoms with Crippen LogP contribution in [0.1, 0.15) is 5.56 Å². The molecule has 0 aliphatic rings. The molecule has 0 aliphatic heterocycles. The van der Waals surface area contributed by atoms with E-state index in [-0.39, 0.29) is 0 Å². The summed E-state index contributed by atoms with van der Waals surface area (Å²) >= 11 is 18.2. The van der Waals surface area contributed by atoms with Crippen molar-refractivity contribution in [1.82, 2.24) is 4.98 Å². The summed E-state index contributed by atoms with van der Waals surface area (Å²) in [6.07, 6.45) is 1.93. The minimum atomic E-state index is 0.311. The maximum atomic E-state index is 8.69. The summed E-state index contributed by atoms with van der Waals surface area (Å²) in [7, 11) is 0. The molecule has 0 radical (unpaired) electrons. The molecule has 1 aromatic carbocycles. The normalized spacial score (nSPS) is 10.1. The van der Waals surface area contributed by atoms with Crippen LogP contribution in [0.25, 0.3) is 11.3 Å². The molecule has 2 nitrogen and oxygen atoms in total. The highest BCUT2D eigenvalue weighted by molar-refractivity contribution is 6.46. The molecule has 0 atom stereocenters. The fourth-order valence-electron chi connectivity index (χ4n) is 1.57. The maximum Gasteiger partial charge on any atom is 0.0735 e. The van der Waals surface area contributed by atoms with Gasteiger partial charge in [-0.05, 0) is 29.8 Å². The Labute approximate surface area is 120 Å². The first kappa shape index (κ1) is 13.2. The predicted octanol–water partition coefficient (Wildman–Crippen LogP) is 4.77. The van der Waals surface area contributed by atoms with Crippen LogP contribution in [0.3, 0.4) is 0 Å². The van der Waals surface area contributed by atoms with Crippen molar-refractivity contribution in [2.75, 3.05) is 0 Å². The highest BCUT2D eigenvalue weighted by Gasteiger charge is 2.13. The van der Waals surface area contributed by atoms with Crippen LogP contribution in [0.2, 0.25) is 15.1 Å². The molecular weight excluding hydrogens is 291 g/mol. The molecule has 0 N–H and O–H groups in total. The van der Waals surface area contributed by atoms with E-state index in [0.29, 0.717) is 32.7 Å². The van der Waals surface area contributed by atoms with E-state index in [1.807, 2.05) is 0 Å². The third-order valence-corrected chi connectivity index (χ3v) is 3.53. The Balaban J connectivity index is 2.59. The van der Waals surface area contributed by atoms with Crippen LogP contribution in [0, 0.1) is 11.3 Å². The van der Waals surface area contributed by atoms with Gasteiger partial charge in [-0.15, -0.1) is 0 Å². The van der Waals surface area contributed by atoms with Gasteiger partial charge in [0.25, 0.3) is 0 Å². The van der Waals surface area contributed by atoms with Crippen LogP contribution < -0.4 is 0 Å². The first-order valence-electron chi connectivity index (χ1n) is 5.09. The summed E-state index contributed by atoms with van der Waals surface area (Å²) in [5.41, 5.74) is 2.06. The molecular formula is C13H7Cl3N2. The van der Waals surface area contributed by atoms with Gasteiger partial charge in [0.2, 0.25) is 0 Å². The second-order valence-corrected chi connectivity index (χ2v) is 4.79. The number of nitriles is 1. The molecule has 0 bridgehead atoms. The molecule has 0 unspecified atom stereocenters. The monoisotopic (exact) mass is 296 g/mol. The third-order valence-electron chi connectivity index (χ3n) is 2.41. The van der Waals surface area contributed by atoms with Gasteiger partial charge in [-0.3, -0.25) is 4.98 Å². The van der Waals surface area contributed by atoms with Crippen molar-refractivity contribution in [3.8, 4) is 17.3 Å². The zero-order chi connectivity index (χ0) is 13.1. The van der Waals surface area contributed by atoms with Crippen LogP contribution in [0.15, 0.2) is 30.5 Å². The number of halogens is 3. The Morgan fingerprint density at radius 3 is 2.56 bits per heavy atom. The number of rotatable bonds is 2. The van der Waals surface area contributed by atoms with Crippen molar-refractivity contribution in [3.63, 3.8) is 0 Å². The number of nitrogens with zero attached hydrogens (tertiary/aromatic N) is 2. The van der Waals surface area contributed by atoms with Gasteiger partial charge in [0.05, 0.1) is 33.3 Å². The molecule has 0 saturated carbocycles. The maximum absolute atomic E-state index is 8.69. The Bertz CT molecular complexity index is 633. The van der Waals surface area contributed by atoms with E-state index in [2.05, 4.69) is 11.1 Å². The topological polar surface area (TPSA) is 36.7 Å². The molecule has 1 heterocycles. The fourth-order valence-corrected chi connectivity index (χ4v) is 2.30. The highest BCUT2D eigenvalue weighted by atomic mass is 35.5. The molecule has 0 spiro atoms. The Kier molecular flexibility index (Phi) is 4.08. The summed E-state index contributed by atoms with van der Waals surface area (Å²) in [5, 5.41) is 9.95. The Hall–Kier alpha value is -1.27. The summed E-state index contributed by atoms with van der Waals surface area (Å²) in [5.74, 6) is 0. The lowest BCUT2D eigenvalue weighted by molar-refractivity contribution is 1.21. The van der Waals surface area contributed by atoms with E-state index in [9.17, 15) is 0 Å². The second kappa shape index (κ2) is 5.58. The number of pyridine rings is 1. The number of hydrogen-bond acceptors (Lipinski definition) is 2. The lowest BCUT2D eigenvalue weighted by Gasteiger charge is -2.08. The van der Waals surface area contributed by atoms with Gasteiger partial charge in [-0.25, -0.2) is 0 Å². The van der Waals surface area contributed by atoms with Crippen molar-refractivity contribution in [3.05, 3.63) is 51.1 Å². The van der Waals surface area contributed by atoms with Crippen molar-refractivity contribution < 1.29 is 0 Å². The molecule has 18 heavy (non-hydrogen) atoms. The average Bonchev–Trinajstić information content (AvgIpc) is 2.35. The van der Waals surface area contributed by atoms with Gasteiger partial charge in [0.15, 0.2) is 0 Å². The lowest BCUT2D eigenvalue weighted by atomic mass is 10.1.